The molecular formula is C18H15ClO4. The molecule has 4 nitrogen and oxygen atoms in total. The van der Waals surface area contributed by atoms with Crippen molar-refractivity contribution >= 4 is 17.9 Å². The number of carbonyl (C=O) groups is 1. The smallest absolute Gasteiger partial charge is 0.150 e. The molecule has 0 amide bonds. The van der Waals surface area contributed by atoms with Gasteiger partial charge < -0.3 is 14.6 Å². The number of rotatable bonds is 4. The minimum atomic E-state index is -0.183. The van der Waals surface area contributed by atoms with Crippen molar-refractivity contribution in [3.63, 3.8) is 0 Å². The summed E-state index contributed by atoms with van der Waals surface area (Å²) in [6, 6.07) is 10.2. The van der Waals surface area contributed by atoms with E-state index >= 15 is 0 Å². The standard InChI is InChI=1S/C18H15ClO4/c1-11(21)14-6-7-22-17-9-18(16(19)8-15(14)17)23-13-4-2-12(10-20)3-5-13/h2-5,8-10,14,21H,1,6-7H2. The van der Waals surface area contributed by atoms with E-state index in [0.29, 0.717) is 40.9 Å². The number of aliphatic hydroxyl groups excluding tert-OH is 1. The van der Waals surface area contributed by atoms with Crippen LogP contribution >= 0.6 is 11.6 Å². The van der Waals surface area contributed by atoms with E-state index in [9.17, 15) is 9.90 Å². The van der Waals surface area contributed by atoms with Crippen LogP contribution in [-0.2, 0) is 0 Å². The van der Waals surface area contributed by atoms with Crippen LogP contribution in [0.15, 0.2) is 48.7 Å². The number of halogens is 1. The molecule has 23 heavy (non-hydrogen) atoms. The van der Waals surface area contributed by atoms with Crippen molar-refractivity contribution in [2.24, 2.45) is 0 Å². The Kier molecular flexibility index (Phi) is 4.26. The number of allylic oxidation sites excluding steroid dienone is 1. The molecule has 1 aliphatic heterocycles. The van der Waals surface area contributed by atoms with Gasteiger partial charge in [0.2, 0.25) is 0 Å². The molecule has 0 radical (unpaired) electrons. The van der Waals surface area contributed by atoms with Gasteiger partial charge >= 0.3 is 0 Å². The van der Waals surface area contributed by atoms with E-state index in [2.05, 4.69) is 6.58 Å². The summed E-state index contributed by atoms with van der Waals surface area (Å²) in [5.41, 5.74) is 1.37. The highest BCUT2D eigenvalue weighted by molar-refractivity contribution is 6.32. The highest BCUT2D eigenvalue weighted by Gasteiger charge is 2.25. The lowest BCUT2D eigenvalue weighted by Gasteiger charge is -2.26. The average Bonchev–Trinajstić information content (AvgIpc) is 2.55. The maximum atomic E-state index is 10.7. The van der Waals surface area contributed by atoms with Crippen molar-refractivity contribution in [1.82, 2.24) is 0 Å². The van der Waals surface area contributed by atoms with Crippen LogP contribution in [0.3, 0.4) is 0 Å². The molecule has 1 atom stereocenters. The first-order chi connectivity index (χ1) is 11.1. The van der Waals surface area contributed by atoms with Gasteiger partial charge in [-0.05, 0) is 36.8 Å². The number of benzene rings is 2. The van der Waals surface area contributed by atoms with Crippen molar-refractivity contribution in [1.29, 1.82) is 0 Å². The predicted molar refractivity (Wildman–Crippen MR) is 88.0 cm³/mol. The normalized spacial score (nSPS) is 16.1. The summed E-state index contributed by atoms with van der Waals surface area (Å²) in [5.74, 6) is 1.56. The van der Waals surface area contributed by atoms with Gasteiger partial charge in [-0.1, -0.05) is 18.2 Å². The third-order valence-corrected chi connectivity index (χ3v) is 4.05. The van der Waals surface area contributed by atoms with Crippen molar-refractivity contribution in [3.05, 3.63) is 64.9 Å². The van der Waals surface area contributed by atoms with Gasteiger partial charge in [0.1, 0.15) is 23.5 Å². The number of ether oxygens (including phenoxy) is 2. The lowest BCUT2D eigenvalue weighted by molar-refractivity contribution is 0.112. The minimum absolute atomic E-state index is 0.101. The van der Waals surface area contributed by atoms with E-state index in [0.717, 1.165) is 11.8 Å². The Morgan fingerprint density at radius 3 is 2.74 bits per heavy atom. The number of carbonyl (C=O) groups excluding carboxylic acids is 1. The van der Waals surface area contributed by atoms with Gasteiger partial charge in [0, 0.05) is 23.1 Å². The molecule has 0 saturated carbocycles. The molecule has 1 N–H and O–H groups in total. The Morgan fingerprint density at radius 1 is 1.35 bits per heavy atom. The Hall–Kier alpha value is -2.46. The van der Waals surface area contributed by atoms with Crippen LogP contribution in [0.5, 0.6) is 17.2 Å². The SMILES string of the molecule is C=C(O)C1CCOc2cc(Oc3ccc(C=O)cc3)c(Cl)cc21. The molecular weight excluding hydrogens is 316 g/mol. The Bertz CT molecular complexity index is 752. The lowest BCUT2D eigenvalue weighted by Crippen LogP contribution is -2.15. The third-order valence-electron chi connectivity index (χ3n) is 3.75. The zero-order chi connectivity index (χ0) is 16.4. The minimum Gasteiger partial charge on any atom is -0.512 e. The first-order valence-electron chi connectivity index (χ1n) is 7.15. The molecule has 3 rings (SSSR count). The molecule has 5 heteroatoms. The topological polar surface area (TPSA) is 55.8 Å². The zero-order valence-electron chi connectivity index (χ0n) is 12.3. The molecule has 0 aromatic heterocycles. The third kappa shape index (κ3) is 3.17. The molecule has 2 aromatic carbocycles. The second-order valence-corrected chi connectivity index (χ2v) is 5.70. The molecule has 0 saturated heterocycles. The van der Waals surface area contributed by atoms with Gasteiger partial charge in [-0.25, -0.2) is 0 Å². The van der Waals surface area contributed by atoms with Gasteiger partial charge in [-0.15, -0.1) is 0 Å². The summed E-state index contributed by atoms with van der Waals surface area (Å²) in [7, 11) is 0. The van der Waals surface area contributed by atoms with Gasteiger partial charge in [0.15, 0.2) is 0 Å². The van der Waals surface area contributed by atoms with Crippen LogP contribution in [0.2, 0.25) is 5.02 Å². The highest BCUT2D eigenvalue weighted by atomic mass is 35.5. The van der Waals surface area contributed by atoms with Crippen LogP contribution in [0.25, 0.3) is 0 Å². The second kappa shape index (κ2) is 6.34. The quantitative estimate of drug-likeness (QED) is 0.641. The van der Waals surface area contributed by atoms with Crippen molar-refractivity contribution < 1.29 is 19.4 Å². The summed E-state index contributed by atoms with van der Waals surface area (Å²) in [6.45, 7) is 4.10. The summed E-state index contributed by atoms with van der Waals surface area (Å²) in [5, 5.41) is 10.1. The lowest BCUT2D eigenvalue weighted by atomic mass is 9.92. The Morgan fingerprint density at radius 2 is 2.09 bits per heavy atom. The van der Waals surface area contributed by atoms with Crippen LogP contribution < -0.4 is 9.47 Å². The zero-order valence-corrected chi connectivity index (χ0v) is 13.0. The number of hydrogen-bond acceptors (Lipinski definition) is 4. The van der Waals surface area contributed by atoms with Gasteiger partial charge in [-0.3, -0.25) is 4.79 Å². The predicted octanol–water partition coefficient (Wildman–Crippen LogP) is 4.88. The second-order valence-electron chi connectivity index (χ2n) is 5.29. The van der Waals surface area contributed by atoms with E-state index in [1.54, 1.807) is 36.4 Å². The van der Waals surface area contributed by atoms with Crippen LogP contribution in [0.4, 0.5) is 0 Å². The molecule has 0 spiro atoms. The first kappa shape index (κ1) is 15.4. The van der Waals surface area contributed by atoms with Gasteiger partial charge in [0.25, 0.3) is 0 Å². The van der Waals surface area contributed by atoms with Crippen LogP contribution in [-0.4, -0.2) is 18.0 Å². The Balaban J connectivity index is 1.91. The fraction of sp³-hybridized carbons (Fsp3) is 0.167. The molecule has 0 aliphatic carbocycles. The van der Waals surface area contributed by atoms with Crippen molar-refractivity contribution in [3.8, 4) is 17.2 Å². The fourth-order valence-electron chi connectivity index (χ4n) is 2.56. The van der Waals surface area contributed by atoms with E-state index in [-0.39, 0.29) is 11.7 Å². The highest BCUT2D eigenvalue weighted by Crippen LogP contribution is 2.43. The van der Waals surface area contributed by atoms with E-state index in [4.69, 9.17) is 21.1 Å². The van der Waals surface area contributed by atoms with Crippen LogP contribution in [0, 0.1) is 0 Å². The molecule has 118 valence electrons. The number of hydrogen-bond donors (Lipinski definition) is 1. The van der Waals surface area contributed by atoms with Gasteiger partial charge in [-0.2, -0.15) is 0 Å². The summed E-state index contributed by atoms with van der Waals surface area (Å²) in [6.07, 6.45) is 1.43. The van der Waals surface area contributed by atoms with Crippen molar-refractivity contribution in [2.45, 2.75) is 12.3 Å². The van der Waals surface area contributed by atoms with E-state index in [1.165, 1.54) is 0 Å². The molecule has 1 heterocycles. The summed E-state index contributed by atoms with van der Waals surface area (Å²) in [4.78, 5) is 10.7. The van der Waals surface area contributed by atoms with Gasteiger partial charge in [0.05, 0.1) is 17.4 Å². The summed E-state index contributed by atoms with van der Waals surface area (Å²) >= 11 is 6.29. The fourth-order valence-corrected chi connectivity index (χ4v) is 2.77. The molecule has 2 aromatic rings. The summed E-state index contributed by atoms with van der Waals surface area (Å²) < 4.78 is 11.4. The molecule has 1 unspecified atom stereocenters. The maximum Gasteiger partial charge on any atom is 0.150 e. The number of fused-ring (bicyclic) bond motifs is 1. The van der Waals surface area contributed by atoms with E-state index < -0.39 is 0 Å². The Labute approximate surface area is 138 Å². The molecule has 0 fully saturated rings. The van der Waals surface area contributed by atoms with E-state index in [1.807, 2.05) is 0 Å². The largest absolute Gasteiger partial charge is 0.512 e. The first-order valence-corrected chi connectivity index (χ1v) is 7.53. The molecule has 0 bridgehead atoms. The number of aliphatic hydroxyl groups is 1. The monoisotopic (exact) mass is 330 g/mol. The molecule has 1 aliphatic rings. The average molecular weight is 331 g/mol. The van der Waals surface area contributed by atoms with Crippen molar-refractivity contribution in [2.75, 3.05) is 6.61 Å². The number of aldehydes is 1. The van der Waals surface area contributed by atoms with Crippen LogP contribution in [0.1, 0.15) is 28.3 Å². The maximum absolute atomic E-state index is 10.7.